The summed E-state index contributed by atoms with van der Waals surface area (Å²) in [6.45, 7) is 4.48. The van der Waals surface area contributed by atoms with E-state index in [0.717, 1.165) is 0 Å². The van der Waals surface area contributed by atoms with Crippen LogP contribution in [0.5, 0.6) is 5.75 Å². The Labute approximate surface area is 306 Å². The Hall–Kier alpha value is -5.76. The molecular formula is C33H52N12O8. The van der Waals surface area contributed by atoms with E-state index in [2.05, 4.69) is 41.5 Å². The number of nitrogens with zero attached hydrogens (tertiary/aromatic N) is 2. The van der Waals surface area contributed by atoms with Gasteiger partial charge in [0.1, 0.15) is 42.0 Å². The molecule has 2 rings (SSSR count). The van der Waals surface area contributed by atoms with Crippen LogP contribution in [0.25, 0.3) is 0 Å². The summed E-state index contributed by atoms with van der Waals surface area (Å²) < 4.78 is 0. The second-order valence-corrected chi connectivity index (χ2v) is 12.9. The van der Waals surface area contributed by atoms with Gasteiger partial charge in [-0.1, -0.05) is 26.0 Å². The molecule has 0 spiro atoms. The highest BCUT2D eigenvalue weighted by molar-refractivity contribution is 5.96. The van der Waals surface area contributed by atoms with Crippen molar-refractivity contribution < 1.29 is 39.0 Å². The molecule has 6 atom stereocenters. The van der Waals surface area contributed by atoms with Crippen LogP contribution in [0.15, 0.2) is 41.8 Å². The zero-order valence-electron chi connectivity index (χ0n) is 30.0. The fourth-order valence-corrected chi connectivity index (χ4v) is 4.97. The zero-order chi connectivity index (χ0) is 39.7. The molecular weight excluding hydrogens is 692 g/mol. The van der Waals surface area contributed by atoms with Crippen molar-refractivity contribution in [3.05, 3.63) is 48.0 Å². The third-order valence-electron chi connectivity index (χ3n) is 7.85. The van der Waals surface area contributed by atoms with Gasteiger partial charge in [-0.3, -0.25) is 33.8 Å². The van der Waals surface area contributed by atoms with Crippen molar-refractivity contribution in [1.82, 2.24) is 36.6 Å². The van der Waals surface area contributed by atoms with Crippen LogP contribution in [-0.4, -0.2) is 111 Å². The third-order valence-corrected chi connectivity index (χ3v) is 7.85. The molecule has 0 bridgehead atoms. The summed E-state index contributed by atoms with van der Waals surface area (Å²) in [6.07, 6.45) is 3.11. The Morgan fingerprint density at radius 1 is 0.792 bits per heavy atom. The molecule has 1 heterocycles. The topological polar surface area (TPSA) is 348 Å². The molecule has 0 aliphatic heterocycles. The highest BCUT2D eigenvalue weighted by Gasteiger charge is 2.32. The first-order valence-electron chi connectivity index (χ1n) is 17.0. The number of phenolic OH excluding ortho intramolecular Hbond substituents is 1. The molecule has 1 aromatic heterocycles. The van der Waals surface area contributed by atoms with Crippen molar-refractivity contribution >= 4 is 41.4 Å². The van der Waals surface area contributed by atoms with Crippen LogP contribution in [0.3, 0.4) is 0 Å². The van der Waals surface area contributed by atoms with Gasteiger partial charge in [0, 0.05) is 31.3 Å². The van der Waals surface area contributed by atoms with Crippen LogP contribution >= 0.6 is 0 Å². The third kappa shape index (κ3) is 15.6. The summed E-state index contributed by atoms with van der Waals surface area (Å²) in [5.41, 5.74) is 23.1. The van der Waals surface area contributed by atoms with Crippen LogP contribution in [0, 0.1) is 5.92 Å². The molecule has 53 heavy (non-hydrogen) atoms. The predicted octanol–water partition coefficient (Wildman–Crippen LogP) is -3.75. The monoisotopic (exact) mass is 744 g/mol. The van der Waals surface area contributed by atoms with Crippen LogP contribution in [0.2, 0.25) is 0 Å². The lowest BCUT2D eigenvalue weighted by Gasteiger charge is -2.27. The molecule has 0 radical (unpaired) electrons. The van der Waals surface area contributed by atoms with Gasteiger partial charge in [-0.05, 0) is 49.8 Å². The first-order valence-corrected chi connectivity index (χ1v) is 17.0. The number of nitrogens with one attached hydrogen (secondary N) is 6. The number of rotatable bonds is 22. The number of aromatic amines is 1. The number of hydrogen-bond donors (Lipinski definition) is 12. The number of H-pyrrole nitrogens is 1. The molecule has 0 saturated heterocycles. The van der Waals surface area contributed by atoms with Crippen LogP contribution < -0.4 is 49.5 Å². The van der Waals surface area contributed by atoms with E-state index in [1.807, 2.05) is 13.8 Å². The van der Waals surface area contributed by atoms with Crippen LogP contribution in [0.1, 0.15) is 51.3 Å². The van der Waals surface area contributed by atoms with Gasteiger partial charge in [-0.15, -0.1) is 0 Å². The largest absolute Gasteiger partial charge is 0.508 e. The van der Waals surface area contributed by atoms with E-state index in [4.69, 9.17) is 28.0 Å². The molecule has 0 saturated carbocycles. The lowest BCUT2D eigenvalue weighted by atomic mass is 10.0. The molecule has 1 aromatic carbocycles. The fraction of sp³-hybridized carbons (Fsp3) is 0.515. The Kier molecular flexibility index (Phi) is 17.7. The number of carbonyl (C=O) groups is 6. The average Bonchev–Trinajstić information content (AvgIpc) is 3.61. The van der Waals surface area contributed by atoms with E-state index in [-0.39, 0.29) is 56.3 Å². The Balaban J connectivity index is 2.32. The minimum Gasteiger partial charge on any atom is -0.508 e. The Morgan fingerprint density at radius 2 is 1.38 bits per heavy atom. The van der Waals surface area contributed by atoms with E-state index in [1.165, 1.54) is 31.6 Å². The number of phenols is 1. The Morgan fingerprint density at radius 3 is 1.94 bits per heavy atom. The summed E-state index contributed by atoms with van der Waals surface area (Å²) in [6, 6.07) is -1.29. The van der Waals surface area contributed by atoms with Gasteiger partial charge in [0.15, 0.2) is 5.96 Å². The molecule has 292 valence electrons. The highest BCUT2D eigenvalue weighted by Crippen LogP contribution is 2.12. The SMILES string of the molecule is CC(C)C[C@H](NC(=O)[C@H](C)NC(=O)[C@@H](N)CO)C(=O)N[C@@H](CCCN=C(N)N)C(=O)N[C@@H](Cc1cnc[nH]1)C(=O)N[C@@H](Cc1ccc(O)cc1)C(N)=O. The summed E-state index contributed by atoms with van der Waals surface area (Å²) in [5.74, 6) is -4.86. The summed E-state index contributed by atoms with van der Waals surface area (Å²) in [5, 5.41) is 31.6. The average molecular weight is 745 g/mol. The van der Waals surface area contributed by atoms with E-state index < -0.39 is 78.3 Å². The Bertz CT molecular complexity index is 1550. The smallest absolute Gasteiger partial charge is 0.243 e. The second kappa shape index (κ2) is 21.6. The van der Waals surface area contributed by atoms with Gasteiger partial charge >= 0.3 is 0 Å². The molecule has 0 aliphatic rings. The molecule has 16 N–H and O–H groups in total. The van der Waals surface area contributed by atoms with E-state index >= 15 is 0 Å². The number of guanidine groups is 1. The fourth-order valence-electron chi connectivity index (χ4n) is 4.97. The van der Waals surface area contributed by atoms with Crippen molar-refractivity contribution in [1.29, 1.82) is 0 Å². The van der Waals surface area contributed by atoms with Crippen LogP contribution in [0.4, 0.5) is 0 Å². The minimum atomic E-state index is -1.29. The number of amides is 6. The number of aromatic nitrogens is 2. The molecule has 6 amide bonds. The molecule has 20 heteroatoms. The second-order valence-electron chi connectivity index (χ2n) is 12.9. The van der Waals surface area contributed by atoms with E-state index in [0.29, 0.717) is 11.3 Å². The summed E-state index contributed by atoms with van der Waals surface area (Å²) in [4.78, 5) is 89.4. The lowest BCUT2D eigenvalue weighted by molar-refractivity contribution is -0.135. The number of nitrogens with two attached hydrogens (primary N) is 4. The van der Waals surface area contributed by atoms with Crippen molar-refractivity contribution in [2.45, 2.75) is 89.1 Å². The number of hydrogen-bond acceptors (Lipinski definition) is 11. The standard InChI is InChI=1S/C33H52N12O8/c1-17(2)11-25(44-28(49)18(3)41-29(50)22(34)15-46)31(52)42-23(5-4-10-39-33(36)37)30(51)45-26(13-20-14-38-16-40-20)32(53)43-24(27(35)48)12-19-6-8-21(47)9-7-19/h6-9,14,16-18,22-26,46-47H,4-5,10-13,15,34H2,1-3H3,(H2,35,48)(H,38,40)(H,41,50)(H,42,52)(H,43,53)(H,44,49)(H,45,51)(H4,36,37,39)/t18-,22-,23-,24-,25-,26-/m0/s1. The van der Waals surface area contributed by atoms with E-state index in [1.54, 1.807) is 12.1 Å². The minimum absolute atomic E-state index is 0.00491. The number of aliphatic hydroxyl groups is 1. The summed E-state index contributed by atoms with van der Waals surface area (Å²) in [7, 11) is 0. The first-order chi connectivity index (χ1) is 25.0. The maximum absolute atomic E-state index is 13.9. The molecule has 0 unspecified atom stereocenters. The lowest BCUT2D eigenvalue weighted by Crippen LogP contribution is -2.59. The van der Waals surface area contributed by atoms with Gasteiger partial charge in [0.2, 0.25) is 35.4 Å². The van der Waals surface area contributed by atoms with E-state index in [9.17, 15) is 33.9 Å². The number of imidazole rings is 1. The van der Waals surface area contributed by atoms with Gasteiger partial charge in [-0.2, -0.15) is 0 Å². The summed E-state index contributed by atoms with van der Waals surface area (Å²) >= 11 is 0. The first kappa shape index (κ1) is 43.4. The van der Waals surface area contributed by atoms with Crippen LogP contribution in [-0.2, 0) is 41.6 Å². The molecule has 2 aromatic rings. The maximum Gasteiger partial charge on any atom is 0.243 e. The predicted molar refractivity (Wildman–Crippen MR) is 193 cm³/mol. The van der Waals surface area contributed by atoms with Gasteiger partial charge in [0.25, 0.3) is 0 Å². The van der Waals surface area contributed by atoms with Gasteiger partial charge < -0.3 is 64.7 Å². The molecule has 0 aliphatic carbocycles. The zero-order valence-corrected chi connectivity index (χ0v) is 30.0. The number of benzene rings is 1. The molecule has 0 fully saturated rings. The maximum atomic E-state index is 13.9. The normalized spacial score (nSPS) is 14.4. The quantitative estimate of drug-likeness (QED) is 0.0314. The van der Waals surface area contributed by atoms with Gasteiger partial charge in [0.05, 0.1) is 12.9 Å². The number of aliphatic imine (C=N–C) groups is 1. The number of carbonyl (C=O) groups excluding carboxylic acids is 6. The van der Waals surface area contributed by atoms with Crippen molar-refractivity contribution in [3.63, 3.8) is 0 Å². The number of aliphatic hydroxyl groups excluding tert-OH is 1. The molecule has 20 nitrogen and oxygen atoms in total. The van der Waals surface area contributed by atoms with Crippen molar-refractivity contribution in [3.8, 4) is 5.75 Å². The van der Waals surface area contributed by atoms with Crippen molar-refractivity contribution in [2.24, 2.45) is 33.8 Å². The highest BCUT2D eigenvalue weighted by atomic mass is 16.3. The van der Waals surface area contributed by atoms with Crippen molar-refractivity contribution in [2.75, 3.05) is 13.2 Å². The number of aromatic hydroxyl groups is 1. The van der Waals surface area contributed by atoms with Gasteiger partial charge in [-0.25, -0.2) is 4.98 Å². The number of primary amides is 1.